The standard InChI is InChI=1S/C22H31ClOSi/c1-22(2,3)25(20-14-8-6-9-15-20,21-16-10-7-11-17-21)24-19-13-5-4-12-18-23/h6-11,14-17H,4-5,12-13,18-19H2,1-3H3. The Morgan fingerprint density at radius 3 is 1.68 bits per heavy atom. The molecule has 0 atom stereocenters. The van der Waals surface area contributed by atoms with Gasteiger partial charge in [-0.25, -0.2) is 0 Å². The van der Waals surface area contributed by atoms with Crippen molar-refractivity contribution < 1.29 is 4.43 Å². The molecular formula is C22H31ClOSi. The zero-order valence-corrected chi connectivity index (χ0v) is 17.6. The molecule has 0 aromatic heterocycles. The maximum absolute atomic E-state index is 6.85. The quantitative estimate of drug-likeness (QED) is 0.326. The van der Waals surface area contributed by atoms with Crippen molar-refractivity contribution in [2.24, 2.45) is 0 Å². The molecule has 1 nitrogen and oxygen atoms in total. The Morgan fingerprint density at radius 2 is 1.24 bits per heavy atom. The highest BCUT2D eigenvalue weighted by Gasteiger charge is 2.49. The lowest BCUT2D eigenvalue weighted by molar-refractivity contribution is 0.287. The van der Waals surface area contributed by atoms with Crippen LogP contribution in [-0.2, 0) is 4.43 Å². The third-order valence-electron chi connectivity index (χ3n) is 4.76. The maximum atomic E-state index is 6.85. The summed E-state index contributed by atoms with van der Waals surface area (Å²) in [4.78, 5) is 0. The molecule has 0 radical (unpaired) electrons. The van der Waals surface area contributed by atoms with Crippen LogP contribution in [0.4, 0.5) is 0 Å². The van der Waals surface area contributed by atoms with E-state index >= 15 is 0 Å². The monoisotopic (exact) mass is 374 g/mol. The molecule has 0 spiro atoms. The Bertz CT molecular complexity index is 567. The van der Waals surface area contributed by atoms with Crippen molar-refractivity contribution in [1.82, 2.24) is 0 Å². The van der Waals surface area contributed by atoms with Crippen molar-refractivity contribution in [3.8, 4) is 0 Å². The minimum Gasteiger partial charge on any atom is -0.407 e. The van der Waals surface area contributed by atoms with Gasteiger partial charge in [-0.3, -0.25) is 0 Å². The van der Waals surface area contributed by atoms with E-state index in [1.807, 2.05) is 0 Å². The highest BCUT2D eigenvalue weighted by molar-refractivity contribution is 6.99. The summed E-state index contributed by atoms with van der Waals surface area (Å²) in [5, 5.41) is 2.77. The van der Waals surface area contributed by atoms with Crippen LogP contribution in [0.5, 0.6) is 0 Å². The van der Waals surface area contributed by atoms with E-state index in [0.717, 1.165) is 25.3 Å². The molecule has 0 aliphatic carbocycles. The van der Waals surface area contributed by atoms with Gasteiger partial charge in [0.15, 0.2) is 0 Å². The van der Waals surface area contributed by atoms with E-state index in [1.165, 1.54) is 23.2 Å². The first kappa shape index (κ1) is 20.2. The number of unbranched alkanes of at least 4 members (excludes halogenated alkanes) is 3. The van der Waals surface area contributed by atoms with Gasteiger partial charge in [0.25, 0.3) is 8.32 Å². The molecule has 136 valence electrons. The summed E-state index contributed by atoms with van der Waals surface area (Å²) in [6.07, 6.45) is 4.57. The number of alkyl halides is 1. The lowest BCUT2D eigenvalue weighted by Crippen LogP contribution is -2.66. The third kappa shape index (κ3) is 4.96. The predicted molar refractivity (Wildman–Crippen MR) is 113 cm³/mol. The Labute approximate surface area is 159 Å². The first-order chi connectivity index (χ1) is 12.0. The van der Waals surface area contributed by atoms with Gasteiger partial charge in [-0.15, -0.1) is 11.6 Å². The van der Waals surface area contributed by atoms with Gasteiger partial charge in [-0.1, -0.05) is 94.3 Å². The van der Waals surface area contributed by atoms with E-state index in [-0.39, 0.29) is 5.04 Å². The molecule has 0 amide bonds. The zero-order chi connectivity index (χ0) is 18.2. The first-order valence-corrected chi connectivity index (χ1v) is 11.8. The Morgan fingerprint density at radius 1 is 0.760 bits per heavy atom. The molecule has 2 aromatic rings. The third-order valence-corrected chi connectivity index (χ3v) is 10.1. The highest BCUT2D eigenvalue weighted by Crippen LogP contribution is 2.36. The van der Waals surface area contributed by atoms with Crippen molar-refractivity contribution >= 4 is 30.3 Å². The van der Waals surface area contributed by atoms with E-state index in [0.29, 0.717) is 0 Å². The predicted octanol–water partition coefficient (Wildman–Crippen LogP) is 5.36. The highest BCUT2D eigenvalue weighted by atomic mass is 35.5. The van der Waals surface area contributed by atoms with Crippen LogP contribution in [0.25, 0.3) is 0 Å². The fourth-order valence-corrected chi connectivity index (χ4v) is 8.33. The maximum Gasteiger partial charge on any atom is 0.261 e. The molecule has 3 heteroatoms. The van der Waals surface area contributed by atoms with Crippen molar-refractivity contribution in [1.29, 1.82) is 0 Å². The molecule has 0 N–H and O–H groups in total. The summed E-state index contributed by atoms with van der Waals surface area (Å²) < 4.78 is 6.85. The zero-order valence-electron chi connectivity index (χ0n) is 15.8. The van der Waals surface area contributed by atoms with Gasteiger partial charge >= 0.3 is 0 Å². The van der Waals surface area contributed by atoms with Gasteiger partial charge in [0, 0.05) is 12.5 Å². The summed E-state index contributed by atoms with van der Waals surface area (Å²) in [6, 6.07) is 21.7. The molecule has 25 heavy (non-hydrogen) atoms. The summed E-state index contributed by atoms with van der Waals surface area (Å²) in [5.74, 6) is 0.759. The van der Waals surface area contributed by atoms with Crippen molar-refractivity contribution in [3.63, 3.8) is 0 Å². The van der Waals surface area contributed by atoms with Gasteiger partial charge in [0.2, 0.25) is 0 Å². The molecular weight excluding hydrogens is 344 g/mol. The molecule has 0 unspecified atom stereocenters. The molecule has 0 saturated carbocycles. The SMILES string of the molecule is CC(C)(C)[Si](OCCCCCCCl)(c1ccccc1)c1ccccc1. The second-order valence-electron chi connectivity index (χ2n) is 7.61. The van der Waals surface area contributed by atoms with E-state index in [4.69, 9.17) is 16.0 Å². The van der Waals surface area contributed by atoms with Crippen molar-refractivity contribution in [2.75, 3.05) is 12.5 Å². The van der Waals surface area contributed by atoms with Crippen LogP contribution in [0.15, 0.2) is 60.7 Å². The van der Waals surface area contributed by atoms with Crippen LogP contribution < -0.4 is 10.4 Å². The molecule has 0 aliphatic heterocycles. The van der Waals surface area contributed by atoms with Crippen LogP contribution in [0, 0.1) is 0 Å². The molecule has 0 heterocycles. The number of hydrogen-bond donors (Lipinski definition) is 0. The molecule has 0 bridgehead atoms. The molecule has 2 aromatic carbocycles. The normalized spacial score (nSPS) is 12.3. The largest absolute Gasteiger partial charge is 0.407 e. The summed E-state index contributed by atoms with van der Waals surface area (Å²) in [6.45, 7) is 7.79. The lowest BCUT2D eigenvalue weighted by atomic mass is 10.2. The van der Waals surface area contributed by atoms with Crippen molar-refractivity contribution in [3.05, 3.63) is 60.7 Å². The lowest BCUT2D eigenvalue weighted by Gasteiger charge is -2.43. The molecule has 0 fully saturated rings. The Hall–Kier alpha value is -1.09. The number of halogens is 1. The average Bonchev–Trinajstić information content (AvgIpc) is 2.62. The second kappa shape index (κ2) is 9.56. The minimum absolute atomic E-state index is 0.0614. The first-order valence-electron chi connectivity index (χ1n) is 9.33. The van der Waals surface area contributed by atoms with Crippen LogP contribution in [0.3, 0.4) is 0 Å². The minimum atomic E-state index is -2.34. The summed E-state index contributed by atoms with van der Waals surface area (Å²) >= 11 is 5.78. The van der Waals surface area contributed by atoms with Gasteiger partial charge in [-0.2, -0.15) is 0 Å². The van der Waals surface area contributed by atoms with Crippen LogP contribution in [-0.4, -0.2) is 20.8 Å². The topological polar surface area (TPSA) is 9.23 Å². The van der Waals surface area contributed by atoms with Gasteiger partial charge in [0.1, 0.15) is 0 Å². The second-order valence-corrected chi connectivity index (χ2v) is 12.3. The van der Waals surface area contributed by atoms with E-state index < -0.39 is 8.32 Å². The van der Waals surface area contributed by atoms with E-state index in [1.54, 1.807) is 0 Å². The molecule has 0 saturated heterocycles. The number of benzene rings is 2. The van der Waals surface area contributed by atoms with Crippen LogP contribution in [0.1, 0.15) is 46.5 Å². The van der Waals surface area contributed by atoms with Crippen LogP contribution in [0.2, 0.25) is 5.04 Å². The number of rotatable bonds is 9. The van der Waals surface area contributed by atoms with E-state index in [9.17, 15) is 0 Å². The van der Waals surface area contributed by atoms with Gasteiger partial charge < -0.3 is 4.43 Å². The van der Waals surface area contributed by atoms with Crippen LogP contribution >= 0.6 is 11.6 Å². The fraction of sp³-hybridized carbons (Fsp3) is 0.455. The Balaban J connectivity index is 2.33. The molecule has 0 aliphatic rings. The molecule has 2 rings (SSSR count). The van der Waals surface area contributed by atoms with E-state index in [2.05, 4.69) is 81.4 Å². The average molecular weight is 375 g/mol. The summed E-state index contributed by atoms with van der Waals surface area (Å²) in [5.41, 5.74) is 0. The van der Waals surface area contributed by atoms with Gasteiger partial charge in [0.05, 0.1) is 0 Å². The smallest absolute Gasteiger partial charge is 0.261 e. The Kier molecular flexibility index (Phi) is 7.73. The van der Waals surface area contributed by atoms with Crippen molar-refractivity contribution in [2.45, 2.75) is 51.5 Å². The van der Waals surface area contributed by atoms with Gasteiger partial charge in [-0.05, 0) is 28.3 Å². The summed E-state index contributed by atoms with van der Waals surface area (Å²) in [7, 11) is -2.34. The number of hydrogen-bond acceptors (Lipinski definition) is 1. The fourth-order valence-electron chi connectivity index (χ4n) is 3.54.